The van der Waals surface area contributed by atoms with E-state index >= 15 is 0 Å². The fourth-order valence-electron chi connectivity index (χ4n) is 4.34. The third-order valence-corrected chi connectivity index (χ3v) is 6.21. The molecular weight excluding hydrogens is 422 g/mol. The minimum absolute atomic E-state index is 0.0880. The maximum atomic E-state index is 11.0. The SMILES string of the molecule is CCCC/C=C/CCCCCCCC[N+](CCCC(=O)O)(CCCC(=O)O)CCCC(=O)O. The lowest BCUT2D eigenvalue weighted by molar-refractivity contribution is -0.929. The molecule has 0 fully saturated rings. The van der Waals surface area contributed by atoms with Gasteiger partial charge in [-0.2, -0.15) is 0 Å². The first-order valence-corrected chi connectivity index (χ1v) is 13.0. The predicted molar refractivity (Wildman–Crippen MR) is 131 cm³/mol. The number of unbranched alkanes of at least 4 members (excludes halogenated alkanes) is 8. The van der Waals surface area contributed by atoms with Crippen LogP contribution in [0.15, 0.2) is 12.2 Å². The molecule has 192 valence electrons. The first kappa shape index (κ1) is 31.1. The summed E-state index contributed by atoms with van der Waals surface area (Å²) in [5.41, 5.74) is 0. The average molecular weight is 471 g/mol. The van der Waals surface area contributed by atoms with Crippen molar-refractivity contribution in [1.82, 2.24) is 0 Å². The predicted octanol–water partition coefficient (Wildman–Crippen LogP) is 5.87. The van der Waals surface area contributed by atoms with Crippen molar-refractivity contribution in [2.45, 2.75) is 110 Å². The summed E-state index contributed by atoms with van der Waals surface area (Å²) in [5, 5.41) is 27.1. The molecule has 0 aliphatic carbocycles. The highest BCUT2D eigenvalue weighted by molar-refractivity contribution is 5.67. The lowest BCUT2D eigenvalue weighted by Crippen LogP contribution is -2.51. The van der Waals surface area contributed by atoms with Crippen molar-refractivity contribution in [3.8, 4) is 0 Å². The number of allylic oxidation sites excluding steroid dienone is 2. The number of nitrogens with zero attached hydrogens (tertiary/aromatic N) is 1. The molecule has 0 amide bonds. The van der Waals surface area contributed by atoms with Gasteiger partial charge in [-0.25, -0.2) is 0 Å². The first-order chi connectivity index (χ1) is 15.8. The molecule has 0 saturated carbocycles. The van der Waals surface area contributed by atoms with Crippen LogP contribution in [0.4, 0.5) is 0 Å². The minimum atomic E-state index is -0.829. The molecule has 0 aliphatic rings. The Hall–Kier alpha value is -1.89. The number of quaternary nitrogens is 1. The molecule has 0 saturated heterocycles. The Labute approximate surface area is 200 Å². The molecule has 0 bridgehead atoms. The largest absolute Gasteiger partial charge is 0.481 e. The summed E-state index contributed by atoms with van der Waals surface area (Å²) in [6.07, 6.45) is 18.2. The maximum Gasteiger partial charge on any atom is 0.303 e. The van der Waals surface area contributed by atoms with Gasteiger partial charge in [0, 0.05) is 19.3 Å². The summed E-state index contributed by atoms with van der Waals surface area (Å²) < 4.78 is 0.635. The molecule has 0 aromatic carbocycles. The monoisotopic (exact) mass is 470 g/mol. The quantitative estimate of drug-likeness (QED) is 0.0923. The Balaban J connectivity index is 4.53. The Morgan fingerprint density at radius 3 is 1.33 bits per heavy atom. The number of carbonyl (C=O) groups is 3. The number of hydrogen-bond donors (Lipinski definition) is 3. The number of aliphatic carboxylic acids is 3. The van der Waals surface area contributed by atoms with Gasteiger partial charge in [-0.15, -0.1) is 0 Å². The molecule has 0 unspecified atom stereocenters. The molecule has 0 atom stereocenters. The molecule has 7 nitrogen and oxygen atoms in total. The molecule has 0 radical (unpaired) electrons. The second kappa shape index (κ2) is 20.7. The van der Waals surface area contributed by atoms with Gasteiger partial charge in [0.2, 0.25) is 0 Å². The van der Waals surface area contributed by atoms with E-state index in [4.69, 9.17) is 15.3 Å². The van der Waals surface area contributed by atoms with Crippen LogP contribution in [0.3, 0.4) is 0 Å². The molecule has 0 aliphatic heterocycles. The molecule has 0 spiro atoms. The van der Waals surface area contributed by atoms with Crippen LogP contribution >= 0.6 is 0 Å². The standard InChI is InChI=1S/C26H47NO6/c1-2-3-4-5-6-7-8-9-10-11-12-13-20-27(21-14-17-24(28)29,22-15-18-25(30)31)23-16-19-26(32)33/h5-6H,2-4,7-23H2,1H3,(H2-,28,29,30,31,32,33)/p+1/b6-5+. The molecular formula is C26H48NO6+. The Bertz CT molecular complexity index is 511. The molecule has 7 heteroatoms. The number of hydrogen-bond acceptors (Lipinski definition) is 3. The molecule has 33 heavy (non-hydrogen) atoms. The fourth-order valence-corrected chi connectivity index (χ4v) is 4.34. The van der Waals surface area contributed by atoms with Crippen LogP contribution in [0.25, 0.3) is 0 Å². The van der Waals surface area contributed by atoms with Crippen molar-refractivity contribution in [3.63, 3.8) is 0 Å². The van der Waals surface area contributed by atoms with Crippen LogP contribution in [0.5, 0.6) is 0 Å². The second-order valence-electron chi connectivity index (χ2n) is 9.25. The summed E-state index contributed by atoms with van der Waals surface area (Å²) in [6, 6.07) is 0. The van der Waals surface area contributed by atoms with Gasteiger partial charge < -0.3 is 19.8 Å². The zero-order valence-corrected chi connectivity index (χ0v) is 20.8. The average Bonchev–Trinajstić information content (AvgIpc) is 2.73. The van der Waals surface area contributed by atoms with E-state index in [9.17, 15) is 14.4 Å². The van der Waals surface area contributed by atoms with Gasteiger partial charge in [0.15, 0.2) is 0 Å². The molecule has 0 rings (SSSR count). The lowest BCUT2D eigenvalue weighted by Gasteiger charge is -2.39. The van der Waals surface area contributed by atoms with Gasteiger partial charge in [0.1, 0.15) is 0 Å². The van der Waals surface area contributed by atoms with Crippen LogP contribution < -0.4 is 0 Å². The van der Waals surface area contributed by atoms with Gasteiger partial charge in [-0.05, 0) is 32.1 Å². The number of carboxylic acids is 3. The molecule has 0 aromatic heterocycles. The summed E-state index contributed by atoms with van der Waals surface area (Å²) in [6.45, 7) is 5.06. The smallest absolute Gasteiger partial charge is 0.303 e. The second-order valence-corrected chi connectivity index (χ2v) is 9.25. The van der Waals surface area contributed by atoms with Crippen LogP contribution in [0.1, 0.15) is 110 Å². The van der Waals surface area contributed by atoms with Gasteiger partial charge in [0.25, 0.3) is 0 Å². The normalized spacial score (nSPS) is 11.8. The van der Waals surface area contributed by atoms with E-state index in [0.29, 0.717) is 43.4 Å². The summed E-state index contributed by atoms with van der Waals surface area (Å²) in [4.78, 5) is 33.0. The third kappa shape index (κ3) is 20.4. The Morgan fingerprint density at radius 1 is 0.545 bits per heavy atom. The van der Waals surface area contributed by atoms with E-state index < -0.39 is 17.9 Å². The number of carboxylic acid groups (broad SMARTS) is 3. The number of rotatable bonds is 24. The zero-order valence-electron chi connectivity index (χ0n) is 20.8. The zero-order chi connectivity index (χ0) is 24.8. The highest BCUT2D eigenvalue weighted by Crippen LogP contribution is 2.18. The van der Waals surface area contributed by atoms with E-state index in [-0.39, 0.29) is 19.3 Å². The minimum Gasteiger partial charge on any atom is -0.481 e. The van der Waals surface area contributed by atoms with E-state index in [1.165, 1.54) is 44.9 Å². The molecule has 0 aromatic rings. The summed E-state index contributed by atoms with van der Waals surface area (Å²) in [7, 11) is 0. The fraction of sp³-hybridized carbons (Fsp3) is 0.808. The first-order valence-electron chi connectivity index (χ1n) is 13.0. The topological polar surface area (TPSA) is 112 Å². The highest BCUT2D eigenvalue weighted by Gasteiger charge is 2.27. The van der Waals surface area contributed by atoms with Gasteiger partial charge >= 0.3 is 17.9 Å². The van der Waals surface area contributed by atoms with Crippen molar-refractivity contribution < 1.29 is 34.2 Å². The van der Waals surface area contributed by atoms with Crippen LogP contribution in [0.2, 0.25) is 0 Å². The molecule has 3 N–H and O–H groups in total. The lowest BCUT2D eigenvalue weighted by atomic mass is 10.1. The van der Waals surface area contributed by atoms with E-state index in [0.717, 1.165) is 25.8 Å². The maximum absolute atomic E-state index is 11.0. The summed E-state index contributed by atoms with van der Waals surface area (Å²) >= 11 is 0. The van der Waals surface area contributed by atoms with Gasteiger partial charge in [-0.3, -0.25) is 14.4 Å². The Kier molecular flexibility index (Phi) is 19.5. The third-order valence-electron chi connectivity index (χ3n) is 6.21. The van der Waals surface area contributed by atoms with Crippen LogP contribution in [-0.2, 0) is 14.4 Å². The van der Waals surface area contributed by atoms with E-state index in [1.807, 2.05) is 0 Å². The van der Waals surface area contributed by atoms with Crippen molar-refractivity contribution in [3.05, 3.63) is 12.2 Å². The van der Waals surface area contributed by atoms with Gasteiger partial charge in [-0.1, -0.05) is 51.2 Å². The van der Waals surface area contributed by atoms with Crippen molar-refractivity contribution >= 4 is 17.9 Å². The van der Waals surface area contributed by atoms with Gasteiger partial charge in [0.05, 0.1) is 45.4 Å². The summed E-state index contributed by atoms with van der Waals surface area (Å²) in [5.74, 6) is -2.49. The van der Waals surface area contributed by atoms with E-state index in [1.54, 1.807) is 0 Å². The Morgan fingerprint density at radius 2 is 0.909 bits per heavy atom. The van der Waals surface area contributed by atoms with Crippen molar-refractivity contribution in [2.75, 3.05) is 26.2 Å². The van der Waals surface area contributed by atoms with Crippen molar-refractivity contribution in [1.29, 1.82) is 0 Å². The van der Waals surface area contributed by atoms with Crippen LogP contribution in [-0.4, -0.2) is 63.9 Å². The van der Waals surface area contributed by atoms with Crippen molar-refractivity contribution in [2.24, 2.45) is 0 Å². The van der Waals surface area contributed by atoms with Crippen LogP contribution in [0, 0.1) is 0 Å². The highest BCUT2D eigenvalue weighted by atomic mass is 16.4. The van der Waals surface area contributed by atoms with E-state index in [2.05, 4.69) is 19.1 Å². The molecule has 0 heterocycles.